The Bertz CT molecular complexity index is 1200. The fourth-order valence-electron chi connectivity index (χ4n) is 3.71. The summed E-state index contributed by atoms with van der Waals surface area (Å²) in [6.45, 7) is -1.41. The Morgan fingerprint density at radius 1 is 1.16 bits per heavy atom. The molecule has 160 valence electrons. The second-order valence-corrected chi connectivity index (χ2v) is 8.12. The number of hydrogen-bond acceptors (Lipinski definition) is 5. The summed E-state index contributed by atoms with van der Waals surface area (Å²) in [4.78, 5) is 5.53. The highest BCUT2D eigenvalue weighted by Crippen LogP contribution is 2.29. The molecule has 2 aromatic carbocycles. The Kier molecular flexibility index (Phi) is 5.57. The van der Waals surface area contributed by atoms with Gasteiger partial charge in [-0.3, -0.25) is 0 Å². The van der Waals surface area contributed by atoms with Crippen LogP contribution in [0.3, 0.4) is 0 Å². The SMILES string of the molecule is FC(F)Oc1ccc(N=c2scc(-c3cc4ccccc4o3)n2C[C@H]2CCCO2)cc1. The number of nitrogens with zero attached hydrogens (tertiary/aromatic N) is 2. The number of hydrogen-bond donors (Lipinski definition) is 0. The van der Waals surface area contributed by atoms with E-state index in [9.17, 15) is 8.78 Å². The Balaban J connectivity index is 1.54. The van der Waals surface area contributed by atoms with Crippen LogP contribution in [0.1, 0.15) is 12.8 Å². The number of halogens is 2. The van der Waals surface area contributed by atoms with Crippen LogP contribution >= 0.6 is 11.3 Å². The van der Waals surface area contributed by atoms with Crippen molar-refractivity contribution < 1.29 is 22.7 Å². The van der Waals surface area contributed by atoms with Gasteiger partial charge in [-0.25, -0.2) is 4.99 Å². The molecule has 0 spiro atoms. The summed E-state index contributed by atoms with van der Waals surface area (Å²) >= 11 is 1.50. The van der Waals surface area contributed by atoms with Crippen LogP contribution < -0.4 is 9.54 Å². The lowest BCUT2D eigenvalue weighted by Crippen LogP contribution is -2.23. The second-order valence-electron chi connectivity index (χ2n) is 7.28. The Morgan fingerprint density at radius 2 is 2.00 bits per heavy atom. The molecular formula is C23H20F2N2O3S. The summed E-state index contributed by atoms with van der Waals surface area (Å²) in [5.74, 6) is 0.882. The molecule has 31 heavy (non-hydrogen) atoms. The highest BCUT2D eigenvalue weighted by atomic mass is 32.1. The lowest BCUT2D eigenvalue weighted by atomic mass is 10.2. The average molecular weight is 442 g/mol. The van der Waals surface area contributed by atoms with E-state index < -0.39 is 6.61 Å². The lowest BCUT2D eigenvalue weighted by Gasteiger charge is -2.13. The third-order valence-electron chi connectivity index (χ3n) is 5.17. The van der Waals surface area contributed by atoms with Crippen molar-refractivity contribution in [2.45, 2.75) is 32.1 Å². The zero-order chi connectivity index (χ0) is 21.2. The van der Waals surface area contributed by atoms with E-state index in [4.69, 9.17) is 14.1 Å². The number of thiazole rings is 1. The van der Waals surface area contributed by atoms with Crippen molar-refractivity contribution in [1.82, 2.24) is 4.57 Å². The number of fused-ring (bicyclic) bond motifs is 1. The van der Waals surface area contributed by atoms with Crippen LogP contribution in [0.15, 0.2) is 69.4 Å². The van der Waals surface area contributed by atoms with Gasteiger partial charge in [0.05, 0.1) is 24.0 Å². The zero-order valence-corrected chi connectivity index (χ0v) is 17.4. The van der Waals surface area contributed by atoms with E-state index in [1.165, 1.54) is 23.5 Å². The van der Waals surface area contributed by atoms with E-state index >= 15 is 0 Å². The molecule has 1 saturated heterocycles. The van der Waals surface area contributed by atoms with Crippen LogP contribution in [0.2, 0.25) is 0 Å². The predicted molar refractivity (Wildman–Crippen MR) is 115 cm³/mol. The predicted octanol–water partition coefficient (Wildman–Crippen LogP) is 5.98. The van der Waals surface area contributed by atoms with E-state index in [-0.39, 0.29) is 11.9 Å². The monoisotopic (exact) mass is 442 g/mol. The van der Waals surface area contributed by atoms with Crippen molar-refractivity contribution in [3.05, 3.63) is 64.8 Å². The molecule has 0 unspecified atom stereocenters. The topological polar surface area (TPSA) is 48.9 Å². The normalized spacial score (nSPS) is 17.1. The quantitative estimate of drug-likeness (QED) is 0.369. The Hall–Kier alpha value is -2.97. The number of benzene rings is 2. The molecule has 0 bridgehead atoms. The van der Waals surface area contributed by atoms with Crippen LogP contribution in [0.5, 0.6) is 5.75 Å². The van der Waals surface area contributed by atoms with Crippen LogP contribution in [0.25, 0.3) is 22.4 Å². The van der Waals surface area contributed by atoms with Crippen LogP contribution in [0.4, 0.5) is 14.5 Å². The first kappa shape index (κ1) is 20.0. The first-order chi connectivity index (χ1) is 15.2. The molecule has 3 heterocycles. The molecule has 8 heteroatoms. The van der Waals surface area contributed by atoms with Gasteiger partial charge in [0.15, 0.2) is 10.6 Å². The fourth-order valence-corrected chi connectivity index (χ4v) is 4.62. The molecule has 0 aliphatic carbocycles. The van der Waals surface area contributed by atoms with Crippen molar-refractivity contribution in [3.8, 4) is 17.2 Å². The summed E-state index contributed by atoms with van der Waals surface area (Å²) in [5, 5.41) is 3.07. The number of ether oxygens (including phenoxy) is 2. The van der Waals surface area contributed by atoms with E-state index in [0.29, 0.717) is 12.2 Å². The molecule has 1 fully saturated rings. The van der Waals surface area contributed by atoms with Crippen molar-refractivity contribution in [1.29, 1.82) is 0 Å². The highest BCUT2D eigenvalue weighted by Gasteiger charge is 2.20. The minimum Gasteiger partial charge on any atom is -0.454 e. The van der Waals surface area contributed by atoms with Crippen molar-refractivity contribution in [2.24, 2.45) is 4.99 Å². The molecule has 1 atom stereocenters. The molecule has 0 saturated carbocycles. The molecule has 5 nitrogen and oxygen atoms in total. The summed E-state index contributed by atoms with van der Waals surface area (Å²) in [6.07, 6.45) is 2.17. The van der Waals surface area contributed by atoms with Gasteiger partial charge in [-0.05, 0) is 49.2 Å². The van der Waals surface area contributed by atoms with Gasteiger partial charge in [0.25, 0.3) is 0 Å². The van der Waals surface area contributed by atoms with Gasteiger partial charge in [-0.2, -0.15) is 8.78 Å². The molecule has 5 rings (SSSR count). The highest BCUT2D eigenvalue weighted by molar-refractivity contribution is 7.07. The molecule has 4 aromatic rings. The van der Waals surface area contributed by atoms with E-state index in [0.717, 1.165) is 46.7 Å². The van der Waals surface area contributed by atoms with Gasteiger partial charge in [-0.1, -0.05) is 18.2 Å². The maximum Gasteiger partial charge on any atom is 0.387 e. The van der Waals surface area contributed by atoms with Gasteiger partial charge in [0.2, 0.25) is 0 Å². The molecule has 1 aliphatic rings. The number of aromatic nitrogens is 1. The largest absolute Gasteiger partial charge is 0.454 e. The Labute approximate surface area is 181 Å². The van der Waals surface area contributed by atoms with Gasteiger partial charge in [-0.15, -0.1) is 11.3 Å². The molecule has 1 aliphatic heterocycles. The minimum atomic E-state index is -2.85. The number of para-hydroxylation sites is 1. The molecule has 0 amide bonds. The number of alkyl halides is 2. The second kappa shape index (κ2) is 8.64. The van der Waals surface area contributed by atoms with Gasteiger partial charge in [0, 0.05) is 17.4 Å². The lowest BCUT2D eigenvalue weighted by molar-refractivity contribution is -0.0498. The zero-order valence-electron chi connectivity index (χ0n) is 16.5. The standard InChI is InChI=1S/C23H20F2N2O3S/c24-22(25)29-17-9-7-16(8-10-17)26-23-27(13-18-5-3-11-28-18)19(14-31-23)21-12-15-4-1-2-6-20(15)30-21/h1-2,4,6-10,12,14,18,22H,3,5,11,13H2/t18-/m1/s1. The molecule has 0 radical (unpaired) electrons. The maximum absolute atomic E-state index is 12.4. The first-order valence-corrected chi connectivity index (χ1v) is 10.9. The molecular weight excluding hydrogens is 422 g/mol. The van der Waals surface area contributed by atoms with Gasteiger partial charge in [0.1, 0.15) is 11.3 Å². The van der Waals surface area contributed by atoms with Crippen LogP contribution in [-0.2, 0) is 11.3 Å². The average Bonchev–Trinajstić information content (AvgIpc) is 3.50. The van der Waals surface area contributed by atoms with Crippen LogP contribution in [-0.4, -0.2) is 23.9 Å². The van der Waals surface area contributed by atoms with Gasteiger partial charge < -0.3 is 18.5 Å². The molecule has 2 aromatic heterocycles. The van der Waals surface area contributed by atoms with Crippen molar-refractivity contribution >= 4 is 28.0 Å². The number of furan rings is 1. The summed E-state index contributed by atoms with van der Waals surface area (Å²) < 4.78 is 43.3. The first-order valence-electron chi connectivity index (χ1n) is 10.0. The minimum absolute atomic E-state index is 0.107. The summed E-state index contributed by atoms with van der Waals surface area (Å²) in [7, 11) is 0. The summed E-state index contributed by atoms with van der Waals surface area (Å²) in [6, 6.07) is 16.2. The van der Waals surface area contributed by atoms with E-state index in [2.05, 4.69) is 9.30 Å². The molecule has 0 N–H and O–H groups in total. The van der Waals surface area contributed by atoms with Crippen LogP contribution in [0, 0.1) is 0 Å². The maximum atomic E-state index is 12.4. The third-order valence-corrected chi connectivity index (χ3v) is 6.04. The Morgan fingerprint density at radius 3 is 2.74 bits per heavy atom. The number of rotatable bonds is 6. The van der Waals surface area contributed by atoms with E-state index in [1.54, 1.807) is 12.1 Å². The smallest absolute Gasteiger partial charge is 0.387 e. The van der Waals surface area contributed by atoms with Crippen molar-refractivity contribution in [3.63, 3.8) is 0 Å². The third kappa shape index (κ3) is 4.40. The summed E-state index contributed by atoms with van der Waals surface area (Å²) in [5.41, 5.74) is 2.43. The van der Waals surface area contributed by atoms with E-state index in [1.807, 2.05) is 35.7 Å². The van der Waals surface area contributed by atoms with Gasteiger partial charge >= 0.3 is 6.61 Å². The van der Waals surface area contributed by atoms with Crippen molar-refractivity contribution in [2.75, 3.05) is 6.61 Å². The fraction of sp³-hybridized carbons (Fsp3) is 0.261.